The number of hydrogen-bond donors (Lipinski definition) is 2. The van der Waals surface area contributed by atoms with Crippen molar-refractivity contribution in [2.24, 2.45) is 0 Å². The van der Waals surface area contributed by atoms with Crippen molar-refractivity contribution in [1.29, 1.82) is 0 Å². The molecule has 14 heavy (non-hydrogen) atoms. The Morgan fingerprint density at radius 3 is 1.29 bits per heavy atom. The van der Waals surface area contributed by atoms with Gasteiger partial charge in [-0.15, -0.1) is 0 Å². The Hall–Kier alpha value is -0.138. The Kier molecular flexibility index (Phi) is 12.7. The first-order valence-electron chi connectivity index (χ1n) is 4.56. The third kappa shape index (κ3) is 14.4. The van der Waals surface area contributed by atoms with E-state index in [0.717, 1.165) is 19.3 Å². The van der Waals surface area contributed by atoms with Gasteiger partial charge in [-0.25, -0.2) is 0 Å². The molecule has 0 rings (SSSR count). The molecule has 4 nitrogen and oxygen atoms in total. The van der Waals surface area contributed by atoms with Gasteiger partial charge in [-0.05, 0) is 12.8 Å². The van der Waals surface area contributed by atoms with E-state index >= 15 is 0 Å². The SMILES string of the molecule is O=C(O)CCCCCCCC(=O)O.[PbH2]. The summed E-state index contributed by atoms with van der Waals surface area (Å²) >= 11 is 0. The van der Waals surface area contributed by atoms with Crippen molar-refractivity contribution in [3.05, 3.63) is 0 Å². The molecule has 0 bridgehead atoms. The molecule has 0 saturated carbocycles. The van der Waals surface area contributed by atoms with E-state index in [1.807, 2.05) is 0 Å². The number of hydrogen-bond acceptors (Lipinski definition) is 2. The van der Waals surface area contributed by atoms with Crippen molar-refractivity contribution in [3.63, 3.8) is 0 Å². The fourth-order valence-corrected chi connectivity index (χ4v) is 1.08. The van der Waals surface area contributed by atoms with Gasteiger partial charge < -0.3 is 10.2 Å². The van der Waals surface area contributed by atoms with Crippen LogP contribution in [0.3, 0.4) is 0 Å². The summed E-state index contributed by atoms with van der Waals surface area (Å²) in [5.41, 5.74) is 0. The second-order valence-electron chi connectivity index (χ2n) is 3.06. The monoisotopic (exact) mass is 398 g/mol. The van der Waals surface area contributed by atoms with Crippen molar-refractivity contribution in [3.8, 4) is 0 Å². The second-order valence-corrected chi connectivity index (χ2v) is 3.06. The number of carbonyl (C=O) groups is 2. The molecule has 2 radical (unpaired) electrons. The molecule has 0 aliphatic rings. The van der Waals surface area contributed by atoms with E-state index in [1.165, 1.54) is 0 Å². The van der Waals surface area contributed by atoms with Crippen molar-refractivity contribution < 1.29 is 19.8 Å². The summed E-state index contributed by atoms with van der Waals surface area (Å²) in [6, 6.07) is 0. The molecule has 0 aromatic rings. The first kappa shape index (κ1) is 16.3. The molecule has 0 unspecified atom stereocenters. The van der Waals surface area contributed by atoms with Gasteiger partial charge in [0.15, 0.2) is 0 Å². The zero-order chi connectivity index (χ0) is 10.1. The van der Waals surface area contributed by atoms with Crippen LogP contribution in [0.2, 0.25) is 0 Å². The quantitative estimate of drug-likeness (QED) is 0.473. The van der Waals surface area contributed by atoms with Crippen LogP contribution in [0.25, 0.3) is 0 Å². The van der Waals surface area contributed by atoms with Crippen LogP contribution in [0.1, 0.15) is 44.9 Å². The Labute approximate surface area is 104 Å². The molecular weight excluding hydrogens is 379 g/mol. The molecule has 0 spiro atoms. The fourth-order valence-electron chi connectivity index (χ4n) is 1.08. The number of carboxylic acid groups (broad SMARTS) is 2. The number of carboxylic acids is 2. The zero-order valence-corrected chi connectivity index (χ0v) is 13.9. The second kappa shape index (κ2) is 10.9. The van der Waals surface area contributed by atoms with E-state index in [9.17, 15) is 9.59 Å². The Morgan fingerprint density at radius 2 is 1.00 bits per heavy atom. The Morgan fingerprint density at radius 1 is 0.714 bits per heavy atom. The van der Waals surface area contributed by atoms with Gasteiger partial charge in [0, 0.05) is 12.8 Å². The van der Waals surface area contributed by atoms with E-state index in [0.29, 0.717) is 12.8 Å². The maximum atomic E-state index is 10.1. The van der Waals surface area contributed by atoms with Crippen molar-refractivity contribution >= 4 is 39.2 Å². The molecule has 0 heterocycles. The van der Waals surface area contributed by atoms with Gasteiger partial charge in [-0.3, -0.25) is 9.59 Å². The number of unbranched alkanes of at least 4 members (excludes halogenated alkanes) is 4. The molecule has 0 amide bonds. The summed E-state index contributed by atoms with van der Waals surface area (Å²) < 4.78 is 0. The Bertz CT molecular complexity index is 152. The van der Waals surface area contributed by atoms with Crippen LogP contribution in [0, 0.1) is 0 Å². The van der Waals surface area contributed by atoms with Crippen LogP contribution in [-0.2, 0) is 9.59 Å². The minimum absolute atomic E-state index is 0. The van der Waals surface area contributed by atoms with Crippen LogP contribution in [-0.4, -0.2) is 49.5 Å². The van der Waals surface area contributed by atoms with Gasteiger partial charge in [0.1, 0.15) is 0 Å². The van der Waals surface area contributed by atoms with Gasteiger partial charge in [0.25, 0.3) is 0 Å². The van der Waals surface area contributed by atoms with Crippen molar-refractivity contribution in [2.75, 3.05) is 0 Å². The summed E-state index contributed by atoms with van der Waals surface area (Å²) in [6.07, 6.45) is 4.53. The predicted molar refractivity (Wildman–Crippen MR) is 56.1 cm³/mol. The average molecular weight is 397 g/mol. The summed E-state index contributed by atoms with van der Waals surface area (Å²) in [5, 5.41) is 16.6. The van der Waals surface area contributed by atoms with Crippen molar-refractivity contribution in [1.82, 2.24) is 0 Å². The molecular formula is C9H18O4Pb. The minimum atomic E-state index is -0.759. The molecule has 0 saturated heterocycles. The summed E-state index contributed by atoms with van der Waals surface area (Å²) in [6.45, 7) is 0. The predicted octanol–water partition coefficient (Wildman–Crippen LogP) is 0.970. The van der Waals surface area contributed by atoms with Crippen molar-refractivity contribution in [2.45, 2.75) is 44.9 Å². The Balaban J connectivity index is 0. The molecule has 2 N–H and O–H groups in total. The molecule has 0 fully saturated rings. The first-order chi connectivity index (χ1) is 6.13. The molecule has 5 heteroatoms. The van der Waals surface area contributed by atoms with E-state index in [2.05, 4.69) is 0 Å². The molecule has 0 aliphatic carbocycles. The summed E-state index contributed by atoms with van der Waals surface area (Å²) in [4.78, 5) is 20.2. The standard InChI is InChI=1S/C9H16O4.Pb.2H/c10-8(11)6-4-2-1-3-5-7-9(12)13;;;/h1-7H2,(H,10,11)(H,12,13);;;. The fraction of sp³-hybridized carbons (Fsp3) is 0.778. The maximum absolute atomic E-state index is 10.1. The zero-order valence-electron chi connectivity index (χ0n) is 8.37. The van der Waals surface area contributed by atoms with Gasteiger partial charge >= 0.3 is 39.2 Å². The van der Waals surface area contributed by atoms with Gasteiger partial charge in [-0.1, -0.05) is 19.3 Å². The van der Waals surface area contributed by atoms with Crippen LogP contribution in [0.5, 0.6) is 0 Å². The number of rotatable bonds is 8. The van der Waals surface area contributed by atoms with Crippen LogP contribution in [0.15, 0.2) is 0 Å². The van der Waals surface area contributed by atoms with Crippen LogP contribution < -0.4 is 0 Å². The van der Waals surface area contributed by atoms with Gasteiger partial charge in [0.05, 0.1) is 0 Å². The van der Waals surface area contributed by atoms with E-state index < -0.39 is 11.9 Å². The van der Waals surface area contributed by atoms with Gasteiger partial charge in [-0.2, -0.15) is 0 Å². The first-order valence-corrected chi connectivity index (χ1v) is 4.56. The normalized spacial score (nSPS) is 9.14. The third-order valence-corrected chi connectivity index (χ3v) is 1.78. The van der Waals surface area contributed by atoms with E-state index in [4.69, 9.17) is 10.2 Å². The molecule has 0 aromatic heterocycles. The average Bonchev–Trinajstić information content (AvgIpc) is 2.01. The molecule has 0 aromatic carbocycles. The number of aliphatic carboxylic acids is 2. The molecule has 0 aliphatic heterocycles. The summed E-state index contributed by atoms with van der Waals surface area (Å²) in [5.74, 6) is -1.52. The van der Waals surface area contributed by atoms with E-state index in [-0.39, 0.29) is 40.1 Å². The topological polar surface area (TPSA) is 74.6 Å². The van der Waals surface area contributed by atoms with Crippen LogP contribution in [0.4, 0.5) is 0 Å². The van der Waals surface area contributed by atoms with Gasteiger partial charge in [0.2, 0.25) is 0 Å². The summed E-state index contributed by atoms with van der Waals surface area (Å²) in [7, 11) is 0. The molecule has 82 valence electrons. The molecule has 0 atom stereocenters. The third-order valence-electron chi connectivity index (χ3n) is 1.78. The van der Waals surface area contributed by atoms with Crippen LogP contribution >= 0.6 is 0 Å². The van der Waals surface area contributed by atoms with E-state index in [1.54, 1.807) is 0 Å².